The first-order chi connectivity index (χ1) is 64.8. The van der Waals surface area contributed by atoms with Gasteiger partial charge in [0.1, 0.15) is 9.75 Å². The average molecular weight is 2310 g/mol. The zero-order valence-electron chi connectivity index (χ0n) is 73.3. The number of Topliss-reactive ketones (excluding diaryl/α,β-unsaturated/α-hetero) is 1. The number of amides is 2. The number of nitrogens with two attached hydrogens (primary N) is 1. The fraction of sp³-hybridized carbons (Fsp3) is 0.360. The molecular formula is C89H84Cl11IN13NaO17S5. The number of carboxylic acids is 1. The number of hydrogen-bond acceptors (Lipinski definition) is 24. The number of alkyl halides is 1. The van der Waals surface area contributed by atoms with Crippen molar-refractivity contribution in [2.75, 3.05) is 203 Å². The van der Waals surface area contributed by atoms with E-state index in [4.69, 9.17) is 230 Å². The molecule has 1 atom stereocenters. The molecule has 0 saturated carbocycles. The van der Waals surface area contributed by atoms with Gasteiger partial charge in [0.15, 0.2) is 9.98 Å². The number of primary amides is 1. The van der Waals surface area contributed by atoms with Gasteiger partial charge in [0.2, 0.25) is 17.1 Å². The van der Waals surface area contributed by atoms with Gasteiger partial charge in [-0.15, -0.1) is 34.0 Å². The molecule has 6 saturated heterocycles. The topological polar surface area (TPSA) is 315 Å². The van der Waals surface area contributed by atoms with Gasteiger partial charge in [-0.05, 0) is 115 Å². The van der Waals surface area contributed by atoms with E-state index in [9.17, 15) is 38.7 Å². The number of esters is 2. The zero-order chi connectivity index (χ0) is 99.0. The Morgan fingerprint density at radius 2 is 0.781 bits per heavy atom. The zero-order valence-corrected chi connectivity index (χ0v) is 89.8. The Hall–Kier alpha value is -7.35. The molecule has 6 fully saturated rings. The van der Waals surface area contributed by atoms with Crippen LogP contribution in [0.15, 0.2) is 91.0 Å². The summed E-state index contributed by atoms with van der Waals surface area (Å²) in [5.41, 5.74) is 10.2. The first-order valence-electron chi connectivity index (χ1n) is 40.4. The van der Waals surface area contributed by atoms with E-state index in [-0.39, 0.29) is 86.1 Å². The van der Waals surface area contributed by atoms with Gasteiger partial charge in [-0.2, -0.15) is 0 Å². The molecule has 1 unspecified atom stereocenters. The summed E-state index contributed by atoms with van der Waals surface area (Å²) in [5, 5.41) is 15.1. The molecule has 2 amide bonds. The average Bonchev–Trinajstić information content (AvgIpc) is 1.65. The molecule has 30 nitrogen and oxygen atoms in total. The molecule has 6 aliphatic heterocycles. The number of nitrogens with zero attached hydrogens (tertiary/aromatic N) is 12. The van der Waals surface area contributed by atoms with E-state index in [0.717, 1.165) is 52.6 Å². The Kier molecular flexibility index (Phi) is 55.1. The number of thiophene rings is 3. The Bertz CT molecular complexity index is 5640. The van der Waals surface area contributed by atoms with Crippen LogP contribution >= 0.6 is 209 Å². The van der Waals surface area contributed by atoms with E-state index in [1.165, 1.54) is 46.9 Å². The van der Waals surface area contributed by atoms with Gasteiger partial charge in [-0.1, -0.05) is 181 Å². The molecule has 3 aromatic heterocycles. The SMILES string of the molecule is CCOC(=O)CI.O=C(Cl)c1ccc(Cl)cc1Cl.[C-]#[N+]C(C(=O)c1ccc(Cl)cc1Cl)C(=S)N1CCOCC1.[C-]#[N+]CC(=O)N1CCOCC1.[C-]#[N+]CC(=S)N1CCOCC1.[C-]#[N+]c1c(N2CCOCC2)sc(C(=O)O)c1-c1ccc(Cl)cc1Cl.[C-]#[N+]c1c(N2CCOCC2)sc(C(=O)OCC)c1-c1ccc(Cl)cc1Cl.[C-]#[N+]c1c(N2CCOCC2)sc(C(N)=O)c1-c1ccc(Cl)cc1Cl.[Na+].[OH-]. The second-order valence-electron chi connectivity index (χ2n) is 27.7. The number of halogens is 12. The summed E-state index contributed by atoms with van der Waals surface area (Å²) in [6.45, 7) is 63.1. The summed E-state index contributed by atoms with van der Waals surface area (Å²) < 4.78 is 41.7. The molecule has 14 rings (SSSR count). The summed E-state index contributed by atoms with van der Waals surface area (Å²) >= 11 is 80.9. The van der Waals surface area contributed by atoms with Crippen molar-refractivity contribution in [3.8, 4) is 33.4 Å². The molecule has 0 aliphatic carbocycles. The molecule has 5 aromatic carbocycles. The van der Waals surface area contributed by atoms with Crippen LogP contribution in [0.5, 0.6) is 0 Å². The minimum atomic E-state index is -1.08. The van der Waals surface area contributed by atoms with E-state index in [1.54, 1.807) is 85.5 Å². The number of hydrogen-bond donors (Lipinski definition) is 2. The minimum absolute atomic E-state index is 0. The number of thiocarbonyl (C=S) groups is 2. The van der Waals surface area contributed by atoms with E-state index >= 15 is 0 Å². The molecule has 137 heavy (non-hydrogen) atoms. The fourth-order valence-corrected chi connectivity index (χ4v) is 19.8. The maximum Gasteiger partial charge on any atom is 1.00 e. The number of anilines is 3. The van der Waals surface area contributed by atoms with Crippen LogP contribution in [0.3, 0.4) is 0 Å². The number of ether oxygens (including phenoxy) is 8. The van der Waals surface area contributed by atoms with Crippen molar-refractivity contribution < 1.29 is 112 Å². The van der Waals surface area contributed by atoms with Gasteiger partial charge in [-0.3, -0.25) is 28.8 Å². The molecule has 9 heterocycles. The third-order valence-electron chi connectivity index (χ3n) is 19.2. The Balaban J connectivity index is 0.000000284. The molecule has 0 spiro atoms. The second-order valence-corrected chi connectivity index (χ2v) is 36.9. The van der Waals surface area contributed by atoms with Gasteiger partial charge >= 0.3 is 59.4 Å². The van der Waals surface area contributed by atoms with Crippen LogP contribution in [0.1, 0.15) is 63.6 Å². The normalized spacial score (nSPS) is 14.2. The second kappa shape index (κ2) is 62.8. The van der Waals surface area contributed by atoms with Crippen molar-refractivity contribution in [2.45, 2.75) is 19.9 Å². The van der Waals surface area contributed by atoms with Crippen LogP contribution in [-0.4, -0.2) is 271 Å². The molecule has 6 aliphatic rings. The molecule has 48 heteroatoms. The van der Waals surface area contributed by atoms with Crippen molar-refractivity contribution in [1.82, 2.24) is 14.7 Å². The van der Waals surface area contributed by atoms with Crippen molar-refractivity contribution >= 4 is 291 Å². The Morgan fingerprint density at radius 1 is 0.460 bits per heavy atom. The number of carboxylic acid groups (broad SMARTS) is 1. The van der Waals surface area contributed by atoms with Crippen LogP contribution in [0, 0.1) is 39.4 Å². The van der Waals surface area contributed by atoms with E-state index < -0.39 is 34.9 Å². The molecule has 722 valence electrons. The van der Waals surface area contributed by atoms with Gasteiger partial charge in [0.05, 0.1) is 152 Å². The Morgan fingerprint density at radius 3 is 1.09 bits per heavy atom. The number of morpholine rings is 6. The van der Waals surface area contributed by atoms with E-state index in [0.29, 0.717) is 259 Å². The number of ketones is 1. The molecule has 0 radical (unpaired) electrons. The molecule has 4 N–H and O–H groups in total. The quantitative estimate of drug-likeness (QED) is 0.0118. The van der Waals surface area contributed by atoms with Crippen LogP contribution in [0.2, 0.25) is 50.2 Å². The summed E-state index contributed by atoms with van der Waals surface area (Å²) in [4.78, 5) is 115. The third kappa shape index (κ3) is 35.9. The van der Waals surface area contributed by atoms with Crippen LogP contribution in [0.4, 0.5) is 32.1 Å². The molecular weight excluding hydrogens is 2220 g/mol. The monoisotopic (exact) mass is 2300 g/mol. The smallest absolute Gasteiger partial charge is 0.870 e. The van der Waals surface area contributed by atoms with Crippen LogP contribution in [0.25, 0.3) is 62.5 Å². The minimum Gasteiger partial charge on any atom is -0.870 e. The number of rotatable bonds is 18. The fourth-order valence-electron chi connectivity index (χ4n) is 12.8. The maximum absolute atomic E-state index is 12.6. The summed E-state index contributed by atoms with van der Waals surface area (Å²) in [6, 6.07) is 22.9. The number of carbonyl (C=O) groups excluding carboxylic acids is 6. The van der Waals surface area contributed by atoms with Gasteiger partial charge in [0, 0.05) is 141 Å². The number of benzene rings is 5. The van der Waals surface area contributed by atoms with Gasteiger partial charge in [0.25, 0.3) is 30.0 Å². The standard InChI is InChI=1S/C18H16Cl2N2O3S.C16H13Cl2N3O2S.C16H12Cl2N2O3S.C14H12Cl2N2O2S.C7H3Cl3O.C7H10N2O2.C7H10N2OS.C4H7IO2.Na.H2O/c1-3-25-18(23)16-14(12-5-4-11(19)10-13(12)20)15(21-2)17(26-16)22-6-8-24-9-7-22;1-20-13-12(10-3-2-9(17)8-11(10)18)14(15(19)22)24-16(13)21-4-6-23-7-5-21;1-19-13-12(10-3-2-9(17)8-11(10)18)14(16(21)22)24-15(13)20-4-6-23-7-5-20;1-17-12(14(21)18-4-6-20-7-5-18)13(19)10-3-2-9(15)8-11(10)16;8-4-1-2-5(7(10)11)6(9)3-4;1-8-6-7(10)9-2-4-11-5-3-9;1-8-6-7(11)9-2-4-10-5-3-9;1-2-7-4(6)3-5;;/h4-5,10H,3,6-9H2,1H3;2-3,8H,4-7H2,(H2,19,22);2-3,8H,4-7H2,(H,21,22);2-3,8,12H,4-7H2;1-3H;2*2-6H2;2-3H2,1H3;;1H2/q;;;;;;;;+1;/p-1. The van der Waals surface area contributed by atoms with Crippen molar-refractivity contribution in [2.24, 2.45) is 5.73 Å². The summed E-state index contributed by atoms with van der Waals surface area (Å²) in [6.07, 6.45) is 0. The Labute approximate surface area is 905 Å². The third-order valence-corrected chi connectivity index (χ3v) is 27.3. The van der Waals surface area contributed by atoms with Crippen molar-refractivity contribution in [3.63, 3.8) is 0 Å². The van der Waals surface area contributed by atoms with Gasteiger partial charge in [-0.25, -0.2) is 43.8 Å². The van der Waals surface area contributed by atoms with Crippen molar-refractivity contribution in [3.05, 3.63) is 235 Å². The summed E-state index contributed by atoms with van der Waals surface area (Å²) in [5.74, 6) is -2.73. The first-order valence-corrected chi connectivity index (χ1v) is 49.4. The summed E-state index contributed by atoms with van der Waals surface area (Å²) in [7, 11) is 0. The van der Waals surface area contributed by atoms with Crippen LogP contribution in [-0.2, 0) is 47.5 Å². The van der Waals surface area contributed by atoms with E-state index in [1.807, 2.05) is 42.2 Å². The van der Waals surface area contributed by atoms with Gasteiger partial charge < -0.3 is 93.3 Å². The van der Waals surface area contributed by atoms with Crippen LogP contribution < -0.4 is 50.0 Å². The van der Waals surface area contributed by atoms with E-state index in [2.05, 4.69) is 38.7 Å². The molecule has 0 bridgehead atoms. The number of carbonyl (C=O) groups is 7. The van der Waals surface area contributed by atoms with Crippen molar-refractivity contribution in [1.29, 1.82) is 0 Å². The maximum atomic E-state index is 12.6. The molecule has 8 aromatic rings. The number of aromatic carboxylic acids is 1. The predicted molar refractivity (Wildman–Crippen MR) is 554 cm³/mol. The first kappa shape index (κ1) is 120. The predicted octanol–water partition coefficient (Wildman–Crippen LogP) is 18.9. The largest absolute Gasteiger partial charge is 1.00 e.